The highest BCUT2D eigenvalue weighted by molar-refractivity contribution is 6.00. The van der Waals surface area contributed by atoms with Gasteiger partial charge >= 0.3 is 5.69 Å². The van der Waals surface area contributed by atoms with E-state index in [1.165, 1.54) is 0 Å². The van der Waals surface area contributed by atoms with Gasteiger partial charge in [-0.15, -0.1) is 0 Å². The summed E-state index contributed by atoms with van der Waals surface area (Å²) in [7, 11) is 0. The molecular weight excluding hydrogens is 290 g/mol. The Hall–Kier alpha value is -2.81. The van der Waals surface area contributed by atoms with Crippen LogP contribution in [0, 0.1) is 17.2 Å². The number of aromatic amines is 2. The molecule has 3 aromatic rings. The summed E-state index contributed by atoms with van der Waals surface area (Å²) >= 11 is 0. The van der Waals surface area contributed by atoms with Crippen LogP contribution in [0.2, 0.25) is 0 Å². The van der Waals surface area contributed by atoms with Crippen molar-refractivity contribution in [1.29, 1.82) is 5.26 Å². The quantitative estimate of drug-likeness (QED) is 0.713. The maximum atomic E-state index is 12.5. The van der Waals surface area contributed by atoms with Gasteiger partial charge in [0.25, 0.3) is 0 Å². The fourth-order valence-corrected chi connectivity index (χ4v) is 3.76. The van der Waals surface area contributed by atoms with E-state index < -0.39 is 0 Å². The first-order valence-corrected chi connectivity index (χ1v) is 7.90. The highest BCUT2D eigenvalue weighted by atomic mass is 16.1. The Morgan fingerprint density at radius 3 is 3.22 bits per heavy atom. The van der Waals surface area contributed by atoms with Crippen molar-refractivity contribution in [2.75, 3.05) is 0 Å². The maximum Gasteiger partial charge on any atom is 0.326 e. The molecule has 6 heteroatoms. The minimum Gasteiger partial charge on any atom is -0.346 e. The number of hydrogen-bond acceptors (Lipinski definition) is 3. The smallest absolute Gasteiger partial charge is 0.326 e. The van der Waals surface area contributed by atoms with E-state index in [0.29, 0.717) is 5.92 Å². The van der Waals surface area contributed by atoms with Crippen LogP contribution in [0.4, 0.5) is 0 Å². The number of fused-ring (bicyclic) bond motifs is 3. The van der Waals surface area contributed by atoms with Crippen molar-refractivity contribution < 1.29 is 0 Å². The van der Waals surface area contributed by atoms with Crippen LogP contribution in [0.15, 0.2) is 35.4 Å². The van der Waals surface area contributed by atoms with Gasteiger partial charge in [-0.25, -0.2) is 9.78 Å². The molecule has 0 spiro atoms. The van der Waals surface area contributed by atoms with Crippen LogP contribution in [0.3, 0.4) is 0 Å². The molecule has 4 rings (SSSR count). The molecule has 0 aromatic carbocycles. The lowest BCUT2D eigenvalue weighted by Crippen LogP contribution is -2.26. The van der Waals surface area contributed by atoms with Gasteiger partial charge in [-0.1, -0.05) is 12.5 Å². The van der Waals surface area contributed by atoms with Crippen molar-refractivity contribution in [3.63, 3.8) is 0 Å². The van der Waals surface area contributed by atoms with Crippen molar-refractivity contribution >= 4 is 22.1 Å². The van der Waals surface area contributed by atoms with Gasteiger partial charge < -0.3 is 9.97 Å². The van der Waals surface area contributed by atoms with Crippen LogP contribution < -0.4 is 5.69 Å². The third kappa shape index (κ3) is 2.25. The topological polar surface area (TPSA) is 90.3 Å². The maximum absolute atomic E-state index is 12.5. The first-order valence-electron chi connectivity index (χ1n) is 7.90. The average molecular weight is 307 g/mol. The zero-order valence-corrected chi connectivity index (χ0v) is 12.6. The Labute approximate surface area is 132 Å². The molecule has 1 aliphatic rings. The number of imidazole rings is 1. The van der Waals surface area contributed by atoms with Crippen LogP contribution in [0.5, 0.6) is 0 Å². The second kappa shape index (κ2) is 5.43. The number of hydrogen-bond donors (Lipinski definition) is 2. The first kappa shape index (κ1) is 13.8. The van der Waals surface area contributed by atoms with E-state index in [0.717, 1.165) is 47.8 Å². The van der Waals surface area contributed by atoms with Gasteiger partial charge in [-0.3, -0.25) is 4.57 Å². The zero-order chi connectivity index (χ0) is 15.8. The van der Waals surface area contributed by atoms with Gasteiger partial charge in [0.15, 0.2) is 0 Å². The van der Waals surface area contributed by atoms with E-state index in [-0.39, 0.29) is 11.7 Å². The van der Waals surface area contributed by atoms with Crippen molar-refractivity contribution in [2.45, 2.75) is 31.7 Å². The van der Waals surface area contributed by atoms with Gasteiger partial charge in [0.05, 0.1) is 23.3 Å². The fourth-order valence-electron chi connectivity index (χ4n) is 3.76. The van der Waals surface area contributed by atoms with Crippen molar-refractivity contribution in [3.05, 3.63) is 41.1 Å². The van der Waals surface area contributed by atoms with E-state index in [4.69, 9.17) is 5.26 Å². The molecule has 0 radical (unpaired) electrons. The normalized spacial score (nSPS) is 22.0. The number of aromatic nitrogens is 4. The average Bonchev–Trinajstić information content (AvgIpc) is 3.16. The predicted molar refractivity (Wildman–Crippen MR) is 88.0 cm³/mol. The molecule has 23 heavy (non-hydrogen) atoms. The molecule has 1 saturated carbocycles. The summed E-state index contributed by atoms with van der Waals surface area (Å²) in [5, 5.41) is 9.69. The Balaban J connectivity index is 1.83. The second-order valence-electron chi connectivity index (χ2n) is 6.13. The van der Waals surface area contributed by atoms with E-state index in [1.54, 1.807) is 12.3 Å². The van der Waals surface area contributed by atoms with Gasteiger partial charge in [0, 0.05) is 23.7 Å². The first-order chi connectivity index (χ1) is 11.3. The third-order valence-electron chi connectivity index (χ3n) is 4.75. The molecule has 0 amide bonds. The Morgan fingerprint density at radius 1 is 1.43 bits per heavy atom. The van der Waals surface area contributed by atoms with Crippen molar-refractivity contribution in [1.82, 2.24) is 19.5 Å². The molecule has 0 bridgehead atoms. The van der Waals surface area contributed by atoms with E-state index in [2.05, 4.69) is 21.0 Å². The number of pyridine rings is 1. The number of rotatable bonds is 2. The number of allylic oxidation sites excluding steroid dienone is 2. The lowest BCUT2D eigenvalue weighted by Gasteiger charge is -2.28. The van der Waals surface area contributed by atoms with Crippen LogP contribution in [0.25, 0.3) is 22.1 Å². The minimum absolute atomic E-state index is 0.0783. The lowest BCUT2D eigenvalue weighted by molar-refractivity contribution is 0.304. The Kier molecular flexibility index (Phi) is 3.27. The molecule has 1 fully saturated rings. The molecule has 1 aliphatic carbocycles. The molecular formula is C17H17N5O. The predicted octanol–water partition coefficient (Wildman–Crippen LogP) is 3.02. The monoisotopic (exact) mass is 307 g/mol. The minimum atomic E-state index is -0.0783. The molecule has 2 atom stereocenters. The summed E-state index contributed by atoms with van der Waals surface area (Å²) in [6, 6.07) is 4.17. The fraction of sp³-hybridized carbons (Fsp3) is 0.353. The molecule has 0 unspecified atom stereocenters. The lowest BCUT2D eigenvalue weighted by atomic mass is 9.85. The SMILES string of the molecule is N#C/C=C/[C@H]1CCC[C@H](n2c(=O)[nH]c3cnc4[nH]ccc4c32)C1. The zero-order valence-electron chi connectivity index (χ0n) is 12.6. The molecule has 116 valence electrons. The van der Waals surface area contributed by atoms with Crippen LogP contribution in [-0.4, -0.2) is 19.5 Å². The molecule has 0 saturated heterocycles. The molecule has 2 N–H and O–H groups in total. The van der Waals surface area contributed by atoms with Crippen LogP contribution >= 0.6 is 0 Å². The number of nitriles is 1. The molecule has 3 aromatic heterocycles. The summed E-state index contributed by atoms with van der Waals surface area (Å²) in [6.45, 7) is 0. The van der Waals surface area contributed by atoms with Crippen LogP contribution in [0.1, 0.15) is 31.7 Å². The Bertz CT molecular complexity index is 984. The largest absolute Gasteiger partial charge is 0.346 e. The van der Waals surface area contributed by atoms with E-state index in [1.807, 2.05) is 22.9 Å². The highest BCUT2D eigenvalue weighted by Crippen LogP contribution is 2.35. The second-order valence-corrected chi connectivity index (χ2v) is 6.13. The van der Waals surface area contributed by atoms with Gasteiger partial charge in [-0.2, -0.15) is 5.26 Å². The molecule has 0 aliphatic heterocycles. The Morgan fingerprint density at radius 2 is 2.35 bits per heavy atom. The number of nitrogens with one attached hydrogen (secondary N) is 2. The van der Waals surface area contributed by atoms with Crippen molar-refractivity contribution in [3.8, 4) is 6.07 Å². The molecule has 3 heterocycles. The summed E-state index contributed by atoms with van der Waals surface area (Å²) in [4.78, 5) is 22.9. The standard InChI is InChI=1S/C17H17N5O/c18-7-2-4-11-3-1-5-12(9-11)22-15-13-6-8-19-16(13)20-10-14(15)21-17(22)23/h2,4,6,8,10-12H,1,3,5,9H2,(H,19,20)(H,21,23)/b4-2+/t11-,12+/m1/s1. The summed E-state index contributed by atoms with van der Waals surface area (Å²) in [5.41, 5.74) is 2.42. The van der Waals surface area contributed by atoms with E-state index >= 15 is 0 Å². The van der Waals surface area contributed by atoms with Gasteiger partial charge in [0.1, 0.15) is 5.65 Å². The number of H-pyrrole nitrogens is 2. The molecule has 6 nitrogen and oxygen atoms in total. The van der Waals surface area contributed by atoms with Crippen molar-refractivity contribution in [2.24, 2.45) is 5.92 Å². The highest BCUT2D eigenvalue weighted by Gasteiger charge is 2.25. The summed E-state index contributed by atoms with van der Waals surface area (Å²) < 4.78 is 1.89. The van der Waals surface area contributed by atoms with Gasteiger partial charge in [-0.05, 0) is 31.2 Å². The number of nitrogens with zero attached hydrogens (tertiary/aromatic N) is 3. The summed E-state index contributed by atoms with van der Waals surface area (Å²) in [5.74, 6) is 0.355. The van der Waals surface area contributed by atoms with Gasteiger partial charge in [0.2, 0.25) is 0 Å². The third-order valence-corrected chi connectivity index (χ3v) is 4.75. The van der Waals surface area contributed by atoms with E-state index in [9.17, 15) is 4.79 Å². The van der Waals surface area contributed by atoms with Crippen LogP contribution in [-0.2, 0) is 0 Å². The summed E-state index contributed by atoms with van der Waals surface area (Å²) in [6.07, 6.45) is 11.1.